The van der Waals surface area contributed by atoms with Gasteiger partial charge in [-0.3, -0.25) is 0 Å². The van der Waals surface area contributed by atoms with Crippen LogP contribution in [0.5, 0.6) is 0 Å². The van der Waals surface area contributed by atoms with Crippen LogP contribution in [-0.4, -0.2) is 18.0 Å². The summed E-state index contributed by atoms with van der Waals surface area (Å²) in [6.45, 7) is 11.7. The zero-order valence-electron chi connectivity index (χ0n) is 30.3. The molecular formula is C46H46IrN2OSi-2. The second-order valence-electron chi connectivity index (χ2n) is 15.0. The van der Waals surface area contributed by atoms with Crippen LogP contribution in [-0.2, 0) is 26.5 Å². The molecule has 1 aliphatic rings. The molecule has 0 spiro atoms. The van der Waals surface area contributed by atoms with Crippen LogP contribution < -0.4 is 5.19 Å². The summed E-state index contributed by atoms with van der Waals surface area (Å²) in [6.07, 6.45) is 10.9. The van der Waals surface area contributed by atoms with E-state index in [4.69, 9.17) is 9.40 Å². The predicted molar refractivity (Wildman–Crippen MR) is 212 cm³/mol. The molecule has 3 nitrogen and oxygen atoms in total. The molecule has 51 heavy (non-hydrogen) atoms. The van der Waals surface area contributed by atoms with Crippen LogP contribution in [0.15, 0.2) is 120 Å². The zero-order chi connectivity index (χ0) is 34.7. The molecule has 1 aliphatic carbocycles. The van der Waals surface area contributed by atoms with Gasteiger partial charge in [0.25, 0.3) is 0 Å². The number of nitrogens with zero attached hydrogens (tertiary/aromatic N) is 2. The van der Waals surface area contributed by atoms with E-state index in [1.807, 2.05) is 30.5 Å². The number of furan rings is 1. The third-order valence-corrected chi connectivity index (χ3v) is 12.1. The van der Waals surface area contributed by atoms with Crippen molar-refractivity contribution in [3.63, 3.8) is 0 Å². The number of hydrogen-bond donors (Lipinski definition) is 0. The third kappa shape index (κ3) is 8.17. The van der Waals surface area contributed by atoms with Crippen LogP contribution in [0.25, 0.3) is 55.6 Å². The molecule has 0 amide bonds. The first-order valence-electron chi connectivity index (χ1n) is 18.1. The van der Waals surface area contributed by atoms with Gasteiger partial charge in [0.2, 0.25) is 0 Å². The van der Waals surface area contributed by atoms with E-state index >= 15 is 0 Å². The summed E-state index contributed by atoms with van der Waals surface area (Å²) < 4.78 is 6.45. The van der Waals surface area contributed by atoms with Crippen LogP contribution in [0.1, 0.15) is 56.6 Å². The topological polar surface area (TPSA) is 38.9 Å². The Morgan fingerprint density at radius 1 is 0.765 bits per heavy atom. The summed E-state index contributed by atoms with van der Waals surface area (Å²) >= 11 is 0. The van der Waals surface area contributed by atoms with Gasteiger partial charge in [0, 0.05) is 43.4 Å². The van der Waals surface area contributed by atoms with E-state index in [2.05, 4.69) is 136 Å². The van der Waals surface area contributed by atoms with Crippen LogP contribution in [0.2, 0.25) is 19.6 Å². The van der Waals surface area contributed by atoms with Gasteiger partial charge in [-0.15, -0.1) is 54.1 Å². The van der Waals surface area contributed by atoms with E-state index in [9.17, 15) is 0 Å². The Morgan fingerprint density at radius 2 is 1.53 bits per heavy atom. The van der Waals surface area contributed by atoms with E-state index in [1.54, 1.807) is 10.8 Å². The van der Waals surface area contributed by atoms with Crippen molar-refractivity contribution in [2.24, 2.45) is 5.92 Å². The van der Waals surface area contributed by atoms with Crippen molar-refractivity contribution < 1.29 is 24.5 Å². The van der Waals surface area contributed by atoms with E-state index < -0.39 is 8.07 Å². The predicted octanol–water partition coefficient (Wildman–Crippen LogP) is 12.1. The first-order chi connectivity index (χ1) is 24.3. The molecule has 1 saturated carbocycles. The Morgan fingerprint density at radius 3 is 2.25 bits per heavy atom. The van der Waals surface area contributed by atoms with Crippen molar-refractivity contribution in [3.05, 3.63) is 139 Å². The van der Waals surface area contributed by atoms with E-state index in [1.165, 1.54) is 37.7 Å². The molecule has 0 atom stereocenters. The van der Waals surface area contributed by atoms with Gasteiger partial charge in [-0.05, 0) is 46.5 Å². The molecule has 8 rings (SSSR count). The molecule has 0 unspecified atom stereocenters. The minimum Gasteiger partial charge on any atom is -0.500 e. The average Bonchev–Trinajstić information content (AvgIpc) is 3.80. The fraction of sp³-hybridized carbons (Fsp3) is 0.261. The number of hydrogen-bond acceptors (Lipinski definition) is 3. The second kappa shape index (κ2) is 16.0. The van der Waals surface area contributed by atoms with Gasteiger partial charge in [0.05, 0.1) is 13.7 Å². The first-order valence-corrected chi connectivity index (χ1v) is 21.6. The van der Waals surface area contributed by atoms with Gasteiger partial charge in [-0.1, -0.05) is 142 Å². The third-order valence-electron chi connectivity index (χ3n) is 10.0. The summed E-state index contributed by atoms with van der Waals surface area (Å²) in [5.74, 6) is 1.33. The SMILES string of the molecule is CC(C)c1ccnc(-c2[c-]ccc3c2oc2c(-c4ccccc4)cccc23)c1.C[Si](C)(C)c1cnc(-c2[c-]cccc2)cc1CC1CCCC1.[Ir]. The van der Waals surface area contributed by atoms with E-state index in [0.29, 0.717) is 5.92 Å². The Balaban J connectivity index is 0.000000178. The molecule has 3 aromatic heterocycles. The number of rotatable bonds is 7. The standard InChI is InChI=1S/C26H20NO.C20H26NSi.Ir/c1-17(2)19-14-15-27-24(16-19)23-13-7-12-22-21-11-6-10-20(25(21)28-26(22)23)18-8-4-3-5-9-18;1-22(2,3)20-15-21-19(17-11-5-4-6-12-17)14-18(20)13-16-9-7-8-10-16;/h3-12,14-17H,1-2H3;4-6,11,14-16H,7-10,13H2,1-3H3;/q2*-1;. The molecule has 1 radical (unpaired) electrons. The van der Waals surface area contributed by atoms with Crippen LogP contribution in [0.4, 0.5) is 0 Å². The van der Waals surface area contributed by atoms with Crippen molar-refractivity contribution in [2.45, 2.75) is 71.5 Å². The fourth-order valence-electron chi connectivity index (χ4n) is 7.31. The second-order valence-corrected chi connectivity index (χ2v) is 20.0. The Kier molecular flexibility index (Phi) is 11.5. The van der Waals surface area contributed by atoms with Crippen molar-refractivity contribution in [1.29, 1.82) is 0 Å². The summed E-state index contributed by atoms with van der Waals surface area (Å²) in [5, 5.41) is 3.75. The number of aromatic nitrogens is 2. The van der Waals surface area contributed by atoms with Crippen molar-refractivity contribution in [2.75, 3.05) is 0 Å². The quantitative estimate of drug-likeness (QED) is 0.118. The van der Waals surface area contributed by atoms with Gasteiger partial charge >= 0.3 is 0 Å². The number of pyridine rings is 2. The molecule has 0 bridgehead atoms. The van der Waals surface area contributed by atoms with Crippen LogP contribution in [0.3, 0.4) is 0 Å². The summed E-state index contributed by atoms with van der Waals surface area (Å²) in [7, 11) is -1.35. The number of benzene rings is 4. The monoisotopic (exact) mass is 863 g/mol. The molecule has 0 saturated heterocycles. The average molecular weight is 863 g/mol. The summed E-state index contributed by atoms with van der Waals surface area (Å²) in [6, 6.07) is 42.1. The van der Waals surface area contributed by atoms with Gasteiger partial charge < -0.3 is 14.4 Å². The van der Waals surface area contributed by atoms with Crippen molar-refractivity contribution >= 4 is 35.2 Å². The molecule has 1 fully saturated rings. The maximum atomic E-state index is 6.45. The van der Waals surface area contributed by atoms with Gasteiger partial charge in [0.1, 0.15) is 5.58 Å². The van der Waals surface area contributed by atoms with Crippen LogP contribution in [0, 0.1) is 18.1 Å². The van der Waals surface area contributed by atoms with E-state index in [0.717, 1.165) is 61.5 Å². The first kappa shape index (κ1) is 36.6. The minimum atomic E-state index is -1.35. The number of para-hydroxylation sites is 1. The molecule has 7 aromatic rings. The molecular weight excluding hydrogens is 817 g/mol. The molecule has 0 aliphatic heterocycles. The fourth-order valence-corrected chi connectivity index (χ4v) is 8.90. The summed E-state index contributed by atoms with van der Waals surface area (Å²) in [5.41, 5.74) is 10.8. The molecule has 261 valence electrons. The minimum absolute atomic E-state index is 0. The van der Waals surface area contributed by atoms with Gasteiger partial charge in [0.15, 0.2) is 0 Å². The smallest absolute Gasteiger partial charge is 0.128 e. The number of fused-ring (bicyclic) bond motifs is 3. The maximum Gasteiger partial charge on any atom is 0.128 e. The molecule has 0 N–H and O–H groups in total. The summed E-state index contributed by atoms with van der Waals surface area (Å²) in [4.78, 5) is 9.36. The molecule has 5 heteroatoms. The maximum absolute atomic E-state index is 6.45. The van der Waals surface area contributed by atoms with E-state index in [-0.39, 0.29) is 20.1 Å². The largest absolute Gasteiger partial charge is 0.500 e. The van der Waals surface area contributed by atoms with Gasteiger partial charge in [-0.25, -0.2) is 0 Å². The zero-order valence-corrected chi connectivity index (χ0v) is 33.7. The van der Waals surface area contributed by atoms with Crippen molar-refractivity contribution in [3.8, 4) is 33.6 Å². The Labute approximate surface area is 317 Å². The molecule has 4 aromatic carbocycles. The normalized spacial score (nSPS) is 13.3. The Bertz CT molecular complexity index is 2210. The van der Waals surface area contributed by atoms with Gasteiger partial charge in [-0.2, -0.15) is 0 Å². The van der Waals surface area contributed by atoms with Crippen molar-refractivity contribution in [1.82, 2.24) is 9.97 Å². The Hall–Kier alpha value is -4.15. The van der Waals surface area contributed by atoms with Crippen LogP contribution >= 0.6 is 0 Å². The molecule has 3 heterocycles.